The Morgan fingerprint density at radius 1 is 1.46 bits per heavy atom. The topological polar surface area (TPSA) is 43.8 Å². The average molecular weight is 196 g/mol. The number of hydrogen-bond acceptors (Lipinski definition) is 2. The third-order valence-corrected chi connectivity index (χ3v) is 2.28. The number of halogens is 1. The molecule has 0 aliphatic heterocycles. The number of nitrogens with two attached hydrogens (primary N) is 1. The van der Waals surface area contributed by atoms with Crippen molar-refractivity contribution in [1.82, 2.24) is 9.55 Å². The van der Waals surface area contributed by atoms with Crippen LogP contribution in [0.25, 0.3) is 11.0 Å². The second-order valence-electron chi connectivity index (χ2n) is 2.83. The molecule has 1 aromatic carbocycles. The summed E-state index contributed by atoms with van der Waals surface area (Å²) in [5.41, 5.74) is 7.35. The molecule has 0 radical (unpaired) electrons. The number of nitrogens with zero attached hydrogens (tertiary/aromatic N) is 2. The molecule has 0 spiro atoms. The van der Waals surface area contributed by atoms with Crippen LogP contribution in [0.5, 0.6) is 0 Å². The highest BCUT2D eigenvalue weighted by atomic mass is 35.5. The molecule has 2 rings (SSSR count). The van der Waals surface area contributed by atoms with Gasteiger partial charge in [0.05, 0.1) is 16.9 Å². The number of rotatable bonds is 2. The smallest absolute Gasteiger partial charge is 0.107 e. The van der Waals surface area contributed by atoms with Crippen molar-refractivity contribution in [1.29, 1.82) is 0 Å². The molecule has 1 aromatic heterocycles. The Morgan fingerprint density at radius 3 is 3.08 bits per heavy atom. The lowest BCUT2D eigenvalue weighted by molar-refractivity contribution is 0.728. The van der Waals surface area contributed by atoms with E-state index in [9.17, 15) is 0 Å². The standard InChI is InChI=1S/C9H10ClN3/c10-7-2-1-3-8-9(7)12-6-13(8)5-4-11/h1-3,6H,4-5,11H2. The molecule has 0 unspecified atom stereocenters. The van der Waals surface area contributed by atoms with Crippen LogP contribution in [-0.2, 0) is 6.54 Å². The number of imidazole rings is 1. The lowest BCUT2D eigenvalue weighted by Crippen LogP contribution is -2.08. The summed E-state index contributed by atoms with van der Waals surface area (Å²) in [7, 11) is 0. The Hall–Kier alpha value is -1.06. The van der Waals surface area contributed by atoms with Crippen LogP contribution in [0.4, 0.5) is 0 Å². The minimum absolute atomic E-state index is 0.609. The van der Waals surface area contributed by atoms with E-state index in [4.69, 9.17) is 17.3 Å². The Bertz CT molecular complexity index is 422. The summed E-state index contributed by atoms with van der Waals surface area (Å²) in [5, 5.41) is 0.688. The molecule has 68 valence electrons. The summed E-state index contributed by atoms with van der Waals surface area (Å²) in [6.07, 6.45) is 1.77. The summed E-state index contributed by atoms with van der Waals surface area (Å²) in [6, 6.07) is 5.74. The minimum atomic E-state index is 0.609. The van der Waals surface area contributed by atoms with Crippen LogP contribution in [0, 0.1) is 0 Å². The SMILES string of the molecule is NCCn1cnc2c(Cl)cccc21. The van der Waals surface area contributed by atoms with E-state index in [0.29, 0.717) is 11.6 Å². The van der Waals surface area contributed by atoms with E-state index in [1.807, 2.05) is 22.8 Å². The summed E-state index contributed by atoms with van der Waals surface area (Å²) in [5.74, 6) is 0. The molecule has 0 aliphatic carbocycles. The van der Waals surface area contributed by atoms with Crippen LogP contribution in [0.15, 0.2) is 24.5 Å². The fourth-order valence-corrected chi connectivity index (χ4v) is 1.59. The van der Waals surface area contributed by atoms with E-state index in [2.05, 4.69) is 4.98 Å². The highest BCUT2D eigenvalue weighted by Gasteiger charge is 2.03. The first-order chi connectivity index (χ1) is 6.33. The zero-order chi connectivity index (χ0) is 9.26. The van der Waals surface area contributed by atoms with Gasteiger partial charge in [0.25, 0.3) is 0 Å². The van der Waals surface area contributed by atoms with Crippen LogP contribution in [0.3, 0.4) is 0 Å². The van der Waals surface area contributed by atoms with E-state index in [1.54, 1.807) is 6.33 Å². The molecule has 0 bridgehead atoms. The van der Waals surface area contributed by atoms with E-state index in [-0.39, 0.29) is 0 Å². The minimum Gasteiger partial charge on any atom is -0.329 e. The third kappa shape index (κ3) is 1.41. The molecule has 1 heterocycles. The van der Waals surface area contributed by atoms with Crippen LogP contribution in [0.2, 0.25) is 5.02 Å². The van der Waals surface area contributed by atoms with E-state index >= 15 is 0 Å². The molecule has 0 aliphatic rings. The first kappa shape index (κ1) is 8.53. The van der Waals surface area contributed by atoms with Crippen molar-refractivity contribution in [2.45, 2.75) is 6.54 Å². The second kappa shape index (κ2) is 3.36. The highest BCUT2D eigenvalue weighted by molar-refractivity contribution is 6.34. The monoisotopic (exact) mass is 195 g/mol. The molecule has 2 N–H and O–H groups in total. The quantitative estimate of drug-likeness (QED) is 0.792. The van der Waals surface area contributed by atoms with Crippen molar-refractivity contribution < 1.29 is 0 Å². The van der Waals surface area contributed by atoms with Gasteiger partial charge >= 0.3 is 0 Å². The first-order valence-corrected chi connectivity index (χ1v) is 4.50. The second-order valence-corrected chi connectivity index (χ2v) is 3.24. The van der Waals surface area contributed by atoms with Gasteiger partial charge in [-0.15, -0.1) is 0 Å². The van der Waals surface area contributed by atoms with E-state index in [0.717, 1.165) is 17.6 Å². The van der Waals surface area contributed by atoms with Gasteiger partial charge in [-0.2, -0.15) is 0 Å². The molecule has 0 saturated heterocycles. The summed E-state index contributed by atoms with van der Waals surface area (Å²) in [4.78, 5) is 4.21. The van der Waals surface area contributed by atoms with Crippen molar-refractivity contribution in [2.24, 2.45) is 5.73 Å². The van der Waals surface area contributed by atoms with Gasteiger partial charge < -0.3 is 10.3 Å². The van der Waals surface area contributed by atoms with Gasteiger partial charge in [-0.05, 0) is 12.1 Å². The molecule has 4 heteroatoms. The Labute approximate surface area is 81.1 Å². The van der Waals surface area contributed by atoms with Crippen molar-refractivity contribution in [2.75, 3.05) is 6.54 Å². The predicted octanol–water partition coefficient (Wildman–Crippen LogP) is 1.65. The van der Waals surface area contributed by atoms with Crippen molar-refractivity contribution in [3.63, 3.8) is 0 Å². The molecular weight excluding hydrogens is 186 g/mol. The number of aromatic nitrogens is 2. The van der Waals surface area contributed by atoms with Crippen LogP contribution >= 0.6 is 11.6 Å². The zero-order valence-corrected chi connectivity index (χ0v) is 7.83. The summed E-state index contributed by atoms with van der Waals surface area (Å²) in [6.45, 7) is 1.38. The van der Waals surface area contributed by atoms with Gasteiger partial charge in [0, 0.05) is 13.1 Å². The number of benzene rings is 1. The van der Waals surface area contributed by atoms with E-state index in [1.165, 1.54) is 0 Å². The number of hydrogen-bond donors (Lipinski definition) is 1. The Morgan fingerprint density at radius 2 is 2.31 bits per heavy atom. The van der Waals surface area contributed by atoms with Gasteiger partial charge in [0.1, 0.15) is 5.52 Å². The fraction of sp³-hybridized carbons (Fsp3) is 0.222. The van der Waals surface area contributed by atoms with E-state index < -0.39 is 0 Å². The van der Waals surface area contributed by atoms with Crippen molar-refractivity contribution >= 4 is 22.6 Å². The predicted molar refractivity (Wildman–Crippen MR) is 53.8 cm³/mol. The largest absolute Gasteiger partial charge is 0.329 e. The van der Waals surface area contributed by atoms with Crippen LogP contribution in [0.1, 0.15) is 0 Å². The molecule has 0 fully saturated rings. The van der Waals surface area contributed by atoms with Crippen LogP contribution in [-0.4, -0.2) is 16.1 Å². The maximum atomic E-state index is 5.96. The third-order valence-electron chi connectivity index (χ3n) is 1.97. The first-order valence-electron chi connectivity index (χ1n) is 4.12. The normalized spacial score (nSPS) is 10.9. The van der Waals surface area contributed by atoms with Gasteiger partial charge in [-0.3, -0.25) is 0 Å². The maximum Gasteiger partial charge on any atom is 0.107 e. The molecule has 3 nitrogen and oxygen atoms in total. The molecule has 0 saturated carbocycles. The van der Waals surface area contributed by atoms with Crippen molar-refractivity contribution in [3.8, 4) is 0 Å². The van der Waals surface area contributed by atoms with Gasteiger partial charge in [-0.1, -0.05) is 17.7 Å². The fourth-order valence-electron chi connectivity index (χ4n) is 1.37. The lowest BCUT2D eigenvalue weighted by atomic mass is 10.3. The maximum absolute atomic E-state index is 5.96. The molecule has 2 aromatic rings. The highest BCUT2D eigenvalue weighted by Crippen LogP contribution is 2.21. The van der Waals surface area contributed by atoms with Gasteiger partial charge in [-0.25, -0.2) is 4.98 Å². The number of fused-ring (bicyclic) bond motifs is 1. The molecule has 0 amide bonds. The average Bonchev–Trinajstić information content (AvgIpc) is 2.51. The van der Waals surface area contributed by atoms with Crippen LogP contribution < -0.4 is 5.73 Å². The molecule has 13 heavy (non-hydrogen) atoms. The molecular formula is C9H10ClN3. The molecule has 0 atom stereocenters. The summed E-state index contributed by atoms with van der Waals surface area (Å²) >= 11 is 5.96. The summed E-state index contributed by atoms with van der Waals surface area (Å²) < 4.78 is 2.00. The van der Waals surface area contributed by atoms with Gasteiger partial charge in [0.15, 0.2) is 0 Å². The van der Waals surface area contributed by atoms with Gasteiger partial charge in [0.2, 0.25) is 0 Å². The zero-order valence-electron chi connectivity index (χ0n) is 7.07. The number of para-hydroxylation sites is 1. The lowest BCUT2D eigenvalue weighted by Gasteiger charge is -2.00. The Kier molecular flexibility index (Phi) is 2.20. The van der Waals surface area contributed by atoms with Crippen molar-refractivity contribution in [3.05, 3.63) is 29.5 Å². The Balaban J connectivity index is 2.61.